The fourth-order valence-electron chi connectivity index (χ4n) is 2.18. The molecule has 1 heterocycles. The number of nitrogens with one attached hydrogen (secondary N) is 1. The maximum atomic E-state index is 6.02. The van der Waals surface area contributed by atoms with Gasteiger partial charge in [-0.05, 0) is 47.7 Å². The van der Waals surface area contributed by atoms with Crippen LogP contribution in [-0.4, -0.2) is 17.1 Å². The molecule has 1 aromatic rings. The Bertz CT molecular complexity index is 389. The summed E-state index contributed by atoms with van der Waals surface area (Å²) in [6.45, 7) is 5.08. The van der Waals surface area contributed by atoms with E-state index >= 15 is 0 Å². The van der Waals surface area contributed by atoms with Crippen LogP contribution in [0.15, 0.2) is 16.7 Å². The molecule has 1 N–H and O–H groups in total. The summed E-state index contributed by atoms with van der Waals surface area (Å²) in [5.41, 5.74) is 1.13. The molecule has 0 saturated heterocycles. The standard InChI is InChI=1S/C14H21BrN2O/c1-10(2)16-8-11-7-12(15)9-17-14(11)18-13-5-3-4-6-13/h7,9-10,13,16H,3-6,8H2,1-2H3. The zero-order valence-corrected chi connectivity index (χ0v) is 12.7. The van der Waals surface area contributed by atoms with E-state index in [1.165, 1.54) is 12.8 Å². The van der Waals surface area contributed by atoms with Crippen molar-refractivity contribution < 1.29 is 4.74 Å². The summed E-state index contributed by atoms with van der Waals surface area (Å²) in [6.07, 6.45) is 7.05. The summed E-state index contributed by atoms with van der Waals surface area (Å²) in [6, 6.07) is 2.55. The van der Waals surface area contributed by atoms with Gasteiger partial charge in [0, 0.05) is 28.8 Å². The third kappa shape index (κ3) is 3.95. The van der Waals surface area contributed by atoms with Crippen molar-refractivity contribution in [2.75, 3.05) is 0 Å². The van der Waals surface area contributed by atoms with Crippen LogP contribution in [0.3, 0.4) is 0 Å². The van der Waals surface area contributed by atoms with E-state index in [0.717, 1.165) is 35.3 Å². The Labute approximate surface area is 117 Å². The SMILES string of the molecule is CC(C)NCc1cc(Br)cnc1OC1CCCC1. The lowest BCUT2D eigenvalue weighted by molar-refractivity contribution is 0.198. The Kier molecular flexibility index (Phi) is 5.01. The molecule has 0 bridgehead atoms. The zero-order chi connectivity index (χ0) is 13.0. The number of halogens is 1. The number of ether oxygens (including phenoxy) is 1. The number of pyridine rings is 1. The van der Waals surface area contributed by atoms with E-state index in [4.69, 9.17) is 4.74 Å². The van der Waals surface area contributed by atoms with Gasteiger partial charge in [-0.25, -0.2) is 4.98 Å². The normalized spacial score (nSPS) is 16.4. The molecule has 1 saturated carbocycles. The molecular weight excluding hydrogens is 292 g/mol. The molecule has 3 nitrogen and oxygen atoms in total. The van der Waals surface area contributed by atoms with E-state index in [9.17, 15) is 0 Å². The van der Waals surface area contributed by atoms with Crippen LogP contribution in [0.5, 0.6) is 5.88 Å². The van der Waals surface area contributed by atoms with Gasteiger partial charge in [0.1, 0.15) is 6.10 Å². The quantitative estimate of drug-likeness (QED) is 0.901. The van der Waals surface area contributed by atoms with E-state index < -0.39 is 0 Å². The zero-order valence-electron chi connectivity index (χ0n) is 11.1. The lowest BCUT2D eigenvalue weighted by Gasteiger charge is -2.16. The monoisotopic (exact) mass is 312 g/mol. The highest BCUT2D eigenvalue weighted by molar-refractivity contribution is 9.10. The fraction of sp³-hybridized carbons (Fsp3) is 0.643. The maximum Gasteiger partial charge on any atom is 0.218 e. The largest absolute Gasteiger partial charge is 0.474 e. The highest BCUT2D eigenvalue weighted by Crippen LogP contribution is 2.26. The summed E-state index contributed by atoms with van der Waals surface area (Å²) in [4.78, 5) is 4.41. The van der Waals surface area contributed by atoms with Crippen molar-refractivity contribution in [1.82, 2.24) is 10.3 Å². The van der Waals surface area contributed by atoms with Crippen LogP contribution in [0, 0.1) is 0 Å². The van der Waals surface area contributed by atoms with Crippen molar-refractivity contribution in [1.29, 1.82) is 0 Å². The number of rotatable bonds is 5. The number of hydrogen-bond acceptors (Lipinski definition) is 3. The van der Waals surface area contributed by atoms with Crippen molar-refractivity contribution in [2.45, 2.75) is 58.2 Å². The van der Waals surface area contributed by atoms with Crippen molar-refractivity contribution >= 4 is 15.9 Å². The van der Waals surface area contributed by atoms with Gasteiger partial charge in [0.15, 0.2) is 0 Å². The van der Waals surface area contributed by atoms with E-state index in [-0.39, 0.29) is 0 Å². The first-order valence-corrected chi connectivity index (χ1v) is 7.49. The number of hydrogen-bond donors (Lipinski definition) is 1. The van der Waals surface area contributed by atoms with Gasteiger partial charge in [0.2, 0.25) is 5.88 Å². The smallest absolute Gasteiger partial charge is 0.218 e. The van der Waals surface area contributed by atoms with Crippen LogP contribution in [0.25, 0.3) is 0 Å². The lowest BCUT2D eigenvalue weighted by atomic mass is 10.2. The third-order valence-electron chi connectivity index (χ3n) is 3.17. The third-order valence-corrected chi connectivity index (χ3v) is 3.61. The minimum atomic E-state index is 0.358. The molecule has 1 aliphatic rings. The first kappa shape index (κ1) is 13.8. The van der Waals surface area contributed by atoms with Crippen LogP contribution < -0.4 is 10.1 Å². The highest BCUT2D eigenvalue weighted by Gasteiger charge is 2.18. The van der Waals surface area contributed by atoms with Crippen molar-refractivity contribution in [2.24, 2.45) is 0 Å². The molecule has 0 aromatic carbocycles. The summed E-state index contributed by atoms with van der Waals surface area (Å²) in [5.74, 6) is 0.790. The van der Waals surface area contributed by atoms with Crippen LogP contribution in [-0.2, 0) is 6.54 Å². The van der Waals surface area contributed by atoms with Gasteiger partial charge in [-0.15, -0.1) is 0 Å². The molecule has 0 spiro atoms. The van der Waals surface area contributed by atoms with E-state index in [1.807, 2.05) is 6.20 Å². The predicted molar refractivity (Wildman–Crippen MR) is 76.8 cm³/mol. The average molecular weight is 313 g/mol. The van der Waals surface area contributed by atoms with Gasteiger partial charge in [0.25, 0.3) is 0 Å². The molecule has 1 aliphatic carbocycles. The molecule has 2 rings (SSSR count). The molecule has 0 unspecified atom stereocenters. The molecule has 100 valence electrons. The van der Waals surface area contributed by atoms with Gasteiger partial charge in [-0.2, -0.15) is 0 Å². The van der Waals surface area contributed by atoms with Crippen molar-refractivity contribution in [3.8, 4) is 5.88 Å². The summed E-state index contributed by atoms with van der Waals surface area (Å²) in [5, 5.41) is 3.41. The summed E-state index contributed by atoms with van der Waals surface area (Å²) < 4.78 is 7.02. The van der Waals surface area contributed by atoms with E-state index in [2.05, 4.69) is 46.1 Å². The topological polar surface area (TPSA) is 34.2 Å². The highest BCUT2D eigenvalue weighted by atomic mass is 79.9. The maximum absolute atomic E-state index is 6.02. The average Bonchev–Trinajstić information content (AvgIpc) is 2.82. The molecule has 1 aromatic heterocycles. The molecule has 0 amide bonds. The molecule has 18 heavy (non-hydrogen) atoms. The van der Waals surface area contributed by atoms with Crippen LogP contribution >= 0.6 is 15.9 Å². The Balaban J connectivity index is 2.06. The minimum absolute atomic E-state index is 0.358. The van der Waals surface area contributed by atoms with Crippen LogP contribution in [0.1, 0.15) is 45.1 Å². The molecule has 1 fully saturated rings. The van der Waals surface area contributed by atoms with Gasteiger partial charge >= 0.3 is 0 Å². The van der Waals surface area contributed by atoms with Crippen molar-refractivity contribution in [3.63, 3.8) is 0 Å². The second-order valence-corrected chi connectivity index (χ2v) is 6.09. The summed E-state index contributed by atoms with van der Waals surface area (Å²) in [7, 11) is 0. The molecule has 0 aliphatic heterocycles. The van der Waals surface area contributed by atoms with Crippen LogP contribution in [0.2, 0.25) is 0 Å². The minimum Gasteiger partial charge on any atom is -0.474 e. The van der Waals surface area contributed by atoms with E-state index in [1.54, 1.807) is 0 Å². The lowest BCUT2D eigenvalue weighted by Crippen LogP contribution is -2.23. The van der Waals surface area contributed by atoms with E-state index in [0.29, 0.717) is 12.1 Å². The van der Waals surface area contributed by atoms with Crippen molar-refractivity contribution in [3.05, 3.63) is 22.3 Å². The Hall–Kier alpha value is -0.610. The number of nitrogens with zero attached hydrogens (tertiary/aromatic N) is 1. The van der Waals surface area contributed by atoms with Gasteiger partial charge in [-0.1, -0.05) is 13.8 Å². The Morgan fingerprint density at radius 2 is 2.17 bits per heavy atom. The van der Waals surface area contributed by atoms with Gasteiger partial charge in [-0.3, -0.25) is 0 Å². The predicted octanol–water partition coefficient (Wildman–Crippen LogP) is 3.66. The van der Waals surface area contributed by atoms with Gasteiger partial charge in [0.05, 0.1) is 0 Å². The summed E-state index contributed by atoms with van der Waals surface area (Å²) >= 11 is 3.47. The fourth-order valence-corrected chi connectivity index (χ4v) is 2.56. The van der Waals surface area contributed by atoms with Gasteiger partial charge < -0.3 is 10.1 Å². The van der Waals surface area contributed by atoms with Crippen LogP contribution in [0.4, 0.5) is 0 Å². The Morgan fingerprint density at radius 1 is 1.44 bits per heavy atom. The molecule has 0 radical (unpaired) electrons. The second kappa shape index (κ2) is 6.53. The Morgan fingerprint density at radius 3 is 2.83 bits per heavy atom. The molecule has 4 heteroatoms. The molecule has 0 atom stereocenters. The second-order valence-electron chi connectivity index (χ2n) is 5.18. The first-order chi connectivity index (χ1) is 8.65. The molecular formula is C14H21BrN2O. The first-order valence-electron chi connectivity index (χ1n) is 6.69. The number of aromatic nitrogens is 1.